The Morgan fingerprint density at radius 3 is 2.86 bits per heavy atom. The summed E-state index contributed by atoms with van der Waals surface area (Å²) in [5, 5.41) is 12.0. The molecule has 0 aromatic carbocycles. The van der Waals surface area contributed by atoms with Gasteiger partial charge in [-0.3, -0.25) is 9.59 Å². The third-order valence-corrected chi connectivity index (χ3v) is 4.08. The highest BCUT2D eigenvalue weighted by Gasteiger charge is 2.17. The van der Waals surface area contributed by atoms with Crippen LogP contribution in [0.15, 0.2) is 22.8 Å². The molecule has 2 aromatic rings. The van der Waals surface area contributed by atoms with Crippen LogP contribution in [-0.2, 0) is 4.79 Å². The van der Waals surface area contributed by atoms with Crippen molar-refractivity contribution in [3.63, 3.8) is 0 Å². The van der Waals surface area contributed by atoms with Gasteiger partial charge < -0.3 is 14.8 Å². The Kier molecular flexibility index (Phi) is 5.71. The maximum Gasteiger partial charge on any atom is 0.303 e. The smallest absolute Gasteiger partial charge is 0.303 e. The zero-order chi connectivity index (χ0) is 15.9. The minimum absolute atomic E-state index is 0.172. The molecule has 0 radical (unpaired) electrons. The molecule has 2 N–H and O–H groups in total. The molecular weight excluding hydrogens is 304 g/mol. The van der Waals surface area contributed by atoms with Gasteiger partial charge in [0.25, 0.3) is 5.91 Å². The van der Waals surface area contributed by atoms with E-state index in [0.717, 1.165) is 17.7 Å². The Labute approximate surface area is 132 Å². The van der Waals surface area contributed by atoms with E-state index in [9.17, 15) is 9.59 Å². The zero-order valence-corrected chi connectivity index (χ0v) is 13.1. The summed E-state index contributed by atoms with van der Waals surface area (Å²) in [6, 6.07) is 3.59. The minimum atomic E-state index is -0.785. The maximum absolute atomic E-state index is 12.1. The van der Waals surface area contributed by atoms with Crippen LogP contribution in [0.2, 0.25) is 0 Å². The third kappa shape index (κ3) is 4.42. The first kappa shape index (κ1) is 16.2. The van der Waals surface area contributed by atoms with Gasteiger partial charge in [0.1, 0.15) is 5.69 Å². The Hall–Kier alpha value is -2.15. The number of furan rings is 1. The normalized spacial score (nSPS) is 10.6. The van der Waals surface area contributed by atoms with E-state index in [-0.39, 0.29) is 12.3 Å². The highest BCUT2D eigenvalue weighted by molar-refractivity contribution is 7.15. The van der Waals surface area contributed by atoms with Crippen LogP contribution in [0.1, 0.15) is 41.0 Å². The summed E-state index contributed by atoms with van der Waals surface area (Å²) in [6.07, 6.45) is 3.91. The standard InChI is InChI=1S/C15H18N2O4S/c1-10-13(17-15(22-10)11-6-5-9-21-11)14(20)16-8-4-2-3-7-12(18)19/h5-6,9H,2-4,7-8H2,1H3,(H,16,20)(H,18,19). The van der Waals surface area contributed by atoms with Crippen molar-refractivity contribution in [2.45, 2.75) is 32.6 Å². The second-order valence-electron chi connectivity index (χ2n) is 4.86. The van der Waals surface area contributed by atoms with Crippen molar-refractivity contribution in [3.05, 3.63) is 29.0 Å². The number of aromatic nitrogens is 1. The third-order valence-electron chi connectivity index (χ3n) is 3.10. The van der Waals surface area contributed by atoms with Gasteiger partial charge >= 0.3 is 5.97 Å². The lowest BCUT2D eigenvalue weighted by Gasteiger charge is -2.03. The molecule has 0 saturated heterocycles. The van der Waals surface area contributed by atoms with E-state index in [2.05, 4.69) is 10.3 Å². The number of hydrogen-bond acceptors (Lipinski definition) is 5. The van der Waals surface area contributed by atoms with Gasteiger partial charge in [0.05, 0.1) is 6.26 Å². The van der Waals surface area contributed by atoms with Gasteiger partial charge in [-0.1, -0.05) is 6.42 Å². The first-order chi connectivity index (χ1) is 10.6. The van der Waals surface area contributed by atoms with Gasteiger partial charge in [0, 0.05) is 17.8 Å². The predicted octanol–water partition coefficient (Wildman–Crippen LogP) is 3.09. The van der Waals surface area contributed by atoms with Crippen molar-refractivity contribution >= 4 is 23.2 Å². The second-order valence-corrected chi connectivity index (χ2v) is 6.06. The number of carbonyl (C=O) groups excluding carboxylic acids is 1. The van der Waals surface area contributed by atoms with E-state index in [4.69, 9.17) is 9.52 Å². The van der Waals surface area contributed by atoms with Crippen LogP contribution >= 0.6 is 11.3 Å². The molecule has 0 aliphatic carbocycles. The number of aryl methyl sites for hydroxylation is 1. The molecule has 22 heavy (non-hydrogen) atoms. The summed E-state index contributed by atoms with van der Waals surface area (Å²) in [5.41, 5.74) is 0.418. The molecular formula is C15H18N2O4S. The molecule has 0 spiro atoms. The Bertz CT molecular complexity index is 634. The van der Waals surface area contributed by atoms with Gasteiger partial charge in [-0.15, -0.1) is 11.3 Å². The molecule has 0 aliphatic rings. The first-order valence-corrected chi connectivity index (χ1v) is 7.91. The molecule has 7 heteroatoms. The van der Waals surface area contributed by atoms with E-state index < -0.39 is 5.97 Å². The van der Waals surface area contributed by atoms with Gasteiger partial charge in [-0.05, 0) is 31.9 Å². The number of rotatable bonds is 8. The molecule has 0 atom stereocenters. The van der Waals surface area contributed by atoms with Crippen molar-refractivity contribution in [3.8, 4) is 10.8 Å². The number of amides is 1. The lowest BCUT2D eigenvalue weighted by molar-refractivity contribution is -0.137. The highest BCUT2D eigenvalue weighted by atomic mass is 32.1. The monoisotopic (exact) mass is 322 g/mol. The summed E-state index contributed by atoms with van der Waals surface area (Å²) >= 11 is 1.42. The fourth-order valence-electron chi connectivity index (χ4n) is 1.98. The van der Waals surface area contributed by atoms with Crippen LogP contribution < -0.4 is 5.32 Å². The first-order valence-electron chi connectivity index (χ1n) is 7.09. The largest absolute Gasteiger partial charge is 0.481 e. The molecule has 0 fully saturated rings. The fourth-order valence-corrected chi connectivity index (χ4v) is 2.86. The van der Waals surface area contributed by atoms with Gasteiger partial charge in [-0.25, -0.2) is 4.98 Å². The second kappa shape index (κ2) is 7.74. The quantitative estimate of drug-likeness (QED) is 0.729. The molecule has 6 nitrogen and oxygen atoms in total. The SMILES string of the molecule is Cc1sc(-c2ccco2)nc1C(=O)NCCCCCC(=O)O. The Morgan fingerprint density at radius 2 is 2.18 bits per heavy atom. The van der Waals surface area contributed by atoms with Crippen molar-refractivity contribution < 1.29 is 19.1 Å². The summed E-state index contributed by atoms with van der Waals surface area (Å²) in [6.45, 7) is 2.37. The van der Waals surface area contributed by atoms with Gasteiger partial charge in [0.2, 0.25) is 0 Å². The van der Waals surface area contributed by atoms with Crippen molar-refractivity contribution in [1.29, 1.82) is 0 Å². The molecule has 1 amide bonds. The predicted molar refractivity (Wildman–Crippen MR) is 83.0 cm³/mol. The van der Waals surface area contributed by atoms with Crippen molar-refractivity contribution in [2.75, 3.05) is 6.54 Å². The van der Waals surface area contributed by atoms with Gasteiger partial charge in [0.15, 0.2) is 10.8 Å². The average molecular weight is 322 g/mol. The van der Waals surface area contributed by atoms with Crippen LogP contribution in [0.3, 0.4) is 0 Å². The fraction of sp³-hybridized carbons (Fsp3) is 0.400. The van der Waals surface area contributed by atoms with Crippen molar-refractivity contribution in [2.24, 2.45) is 0 Å². The molecule has 0 bridgehead atoms. The van der Waals surface area contributed by atoms with Crippen LogP contribution in [0.25, 0.3) is 10.8 Å². The topological polar surface area (TPSA) is 92.4 Å². The molecule has 2 aromatic heterocycles. The summed E-state index contributed by atoms with van der Waals surface area (Å²) < 4.78 is 5.28. The number of thiazole rings is 1. The Morgan fingerprint density at radius 1 is 1.36 bits per heavy atom. The van der Waals surface area contributed by atoms with E-state index in [1.165, 1.54) is 11.3 Å². The average Bonchev–Trinajstić information content (AvgIpc) is 3.11. The van der Waals surface area contributed by atoms with Crippen LogP contribution in [0.5, 0.6) is 0 Å². The number of nitrogens with one attached hydrogen (secondary N) is 1. The number of aliphatic carboxylic acids is 1. The molecule has 118 valence electrons. The van der Waals surface area contributed by atoms with Crippen molar-refractivity contribution in [1.82, 2.24) is 10.3 Å². The molecule has 0 saturated carbocycles. The summed E-state index contributed by atoms with van der Waals surface area (Å²) in [7, 11) is 0. The number of carboxylic acids is 1. The number of hydrogen-bond donors (Lipinski definition) is 2. The van der Waals surface area contributed by atoms with Gasteiger partial charge in [-0.2, -0.15) is 0 Å². The lowest BCUT2D eigenvalue weighted by atomic mass is 10.2. The molecule has 0 aliphatic heterocycles. The highest BCUT2D eigenvalue weighted by Crippen LogP contribution is 2.27. The number of carboxylic acid groups (broad SMARTS) is 1. The summed E-state index contributed by atoms with van der Waals surface area (Å²) in [4.78, 5) is 27.6. The zero-order valence-electron chi connectivity index (χ0n) is 12.3. The molecule has 2 heterocycles. The number of nitrogens with zero attached hydrogens (tertiary/aromatic N) is 1. The van der Waals surface area contributed by atoms with Crippen LogP contribution in [0.4, 0.5) is 0 Å². The maximum atomic E-state index is 12.1. The van der Waals surface area contributed by atoms with E-state index in [1.54, 1.807) is 12.3 Å². The van der Waals surface area contributed by atoms with E-state index in [1.807, 2.05) is 13.0 Å². The van der Waals surface area contributed by atoms with E-state index >= 15 is 0 Å². The Balaban J connectivity index is 1.81. The summed E-state index contributed by atoms with van der Waals surface area (Å²) in [5.74, 6) is -0.335. The number of unbranched alkanes of at least 4 members (excludes halogenated alkanes) is 2. The minimum Gasteiger partial charge on any atom is -0.481 e. The molecule has 0 unspecified atom stereocenters. The van der Waals surface area contributed by atoms with Crippen LogP contribution in [0, 0.1) is 6.92 Å². The molecule has 2 rings (SSSR count). The lowest BCUT2D eigenvalue weighted by Crippen LogP contribution is -2.25. The van der Waals surface area contributed by atoms with Crippen LogP contribution in [-0.4, -0.2) is 28.5 Å². The number of carbonyl (C=O) groups is 2. The van der Waals surface area contributed by atoms with E-state index in [0.29, 0.717) is 29.4 Å².